The van der Waals surface area contributed by atoms with Gasteiger partial charge in [0.25, 0.3) is 5.56 Å². The van der Waals surface area contributed by atoms with Crippen LogP contribution >= 0.6 is 0 Å². The van der Waals surface area contributed by atoms with E-state index in [2.05, 4.69) is 9.97 Å². The number of aryl methyl sites for hydroxylation is 1. The molecule has 0 atom stereocenters. The molecular formula is C9H6F3N3O2. The van der Waals surface area contributed by atoms with Crippen molar-refractivity contribution in [3.05, 3.63) is 38.2 Å². The summed E-state index contributed by atoms with van der Waals surface area (Å²) in [5.74, 6) is 0. The second kappa shape index (κ2) is 3.44. The summed E-state index contributed by atoms with van der Waals surface area (Å²) in [4.78, 5) is 29.6. The number of hydrogen-bond donors (Lipinski definition) is 2. The Labute approximate surface area is 91.3 Å². The fraction of sp³-hybridized carbons (Fsp3) is 0.222. The zero-order chi connectivity index (χ0) is 12.8. The normalized spacial score (nSPS) is 12.0. The third-order valence-corrected chi connectivity index (χ3v) is 2.19. The Kier molecular flexibility index (Phi) is 2.30. The number of nitrogens with one attached hydrogen (secondary N) is 2. The van der Waals surface area contributed by atoms with Crippen LogP contribution in [0.5, 0.6) is 0 Å². The molecule has 0 radical (unpaired) electrons. The number of alkyl halides is 3. The quantitative estimate of drug-likeness (QED) is 0.724. The van der Waals surface area contributed by atoms with E-state index in [-0.39, 0.29) is 11.1 Å². The lowest BCUT2D eigenvalue weighted by atomic mass is 10.2. The van der Waals surface area contributed by atoms with Gasteiger partial charge in [0.05, 0.1) is 5.52 Å². The van der Waals surface area contributed by atoms with E-state index >= 15 is 0 Å². The third kappa shape index (κ3) is 1.93. The molecule has 0 saturated carbocycles. The maximum Gasteiger partial charge on any atom is 0.433 e. The summed E-state index contributed by atoms with van der Waals surface area (Å²) in [7, 11) is 0. The van der Waals surface area contributed by atoms with Gasteiger partial charge in [-0.3, -0.25) is 9.78 Å². The molecule has 2 rings (SSSR count). The highest BCUT2D eigenvalue weighted by Gasteiger charge is 2.33. The largest absolute Gasteiger partial charge is 0.433 e. The standard InChI is InChI=1S/C9H6F3N3O2/c1-3-2-4(9(10,11)12)13-6-5(3)14-8(17)15-7(6)16/h2H,1H3,(H2,14,15,16,17). The second-order valence-corrected chi connectivity index (χ2v) is 3.45. The van der Waals surface area contributed by atoms with E-state index in [0.717, 1.165) is 6.07 Å². The smallest absolute Gasteiger partial charge is 0.305 e. The molecule has 0 aliphatic rings. The number of aromatic nitrogens is 3. The molecular weight excluding hydrogens is 239 g/mol. The Hall–Kier alpha value is -2.12. The van der Waals surface area contributed by atoms with E-state index < -0.39 is 28.6 Å². The van der Waals surface area contributed by atoms with Crippen molar-refractivity contribution in [2.24, 2.45) is 0 Å². The number of aromatic amines is 2. The van der Waals surface area contributed by atoms with Crippen LogP contribution in [-0.2, 0) is 6.18 Å². The van der Waals surface area contributed by atoms with E-state index in [1.165, 1.54) is 6.92 Å². The van der Waals surface area contributed by atoms with E-state index in [4.69, 9.17) is 0 Å². The Bertz CT molecular complexity index is 699. The van der Waals surface area contributed by atoms with Gasteiger partial charge in [-0.25, -0.2) is 9.78 Å². The number of nitrogens with zero attached hydrogens (tertiary/aromatic N) is 1. The summed E-state index contributed by atoms with van der Waals surface area (Å²) in [5, 5.41) is 0. The maximum absolute atomic E-state index is 12.5. The minimum atomic E-state index is -4.64. The lowest BCUT2D eigenvalue weighted by Gasteiger charge is -2.08. The molecule has 0 bridgehead atoms. The summed E-state index contributed by atoms with van der Waals surface area (Å²) in [5.41, 5.74) is -3.20. The van der Waals surface area contributed by atoms with Crippen molar-refractivity contribution in [2.45, 2.75) is 13.1 Å². The van der Waals surface area contributed by atoms with Gasteiger partial charge in [0.2, 0.25) is 0 Å². The van der Waals surface area contributed by atoms with E-state index in [1.807, 2.05) is 4.98 Å². The van der Waals surface area contributed by atoms with Crippen molar-refractivity contribution in [1.29, 1.82) is 0 Å². The minimum Gasteiger partial charge on any atom is -0.305 e. The monoisotopic (exact) mass is 245 g/mol. The van der Waals surface area contributed by atoms with Gasteiger partial charge in [0.1, 0.15) is 5.69 Å². The molecule has 0 aliphatic carbocycles. The van der Waals surface area contributed by atoms with Gasteiger partial charge in [-0.15, -0.1) is 0 Å². The molecule has 2 aromatic heterocycles. The van der Waals surface area contributed by atoms with Crippen LogP contribution in [0.15, 0.2) is 15.7 Å². The van der Waals surface area contributed by atoms with Crippen molar-refractivity contribution in [2.75, 3.05) is 0 Å². The average molecular weight is 245 g/mol. The van der Waals surface area contributed by atoms with Gasteiger partial charge < -0.3 is 4.98 Å². The van der Waals surface area contributed by atoms with Gasteiger partial charge >= 0.3 is 11.9 Å². The summed E-state index contributed by atoms with van der Waals surface area (Å²) in [6.45, 7) is 1.36. The van der Waals surface area contributed by atoms with Crippen molar-refractivity contribution >= 4 is 11.0 Å². The maximum atomic E-state index is 12.5. The van der Waals surface area contributed by atoms with Crippen LogP contribution in [0.2, 0.25) is 0 Å². The molecule has 0 unspecified atom stereocenters. The predicted molar refractivity (Wildman–Crippen MR) is 52.7 cm³/mol. The molecule has 90 valence electrons. The van der Waals surface area contributed by atoms with Gasteiger partial charge in [-0.2, -0.15) is 13.2 Å². The highest BCUT2D eigenvalue weighted by molar-refractivity contribution is 5.76. The lowest BCUT2D eigenvalue weighted by Crippen LogP contribution is -2.24. The number of pyridine rings is 1. The van der Waals surface area contributed by atoms with Gasteiger partial charge in [-0.1, -0.05) is 0 Å². The van der Waals surface area contributed by atoms with Gasteiger partial charge in [0, 0.05) is 0 Å². The topological polar surface area (TPSA) is 78.6 Å². The summed E-state index contributed by atoms with van der Waals surface area (Å²) < 4.78 is 37.4. The highest BCUT2D eigenvalue weighted by atomic mass is 19.4. The van der Waals surface area contributed by atoms with Crippen molar-refractivity contribution in [3.63, 3.8) is 0 Å². The lowest BCUT2D eigenvalue weighted by molar-refractivity contribution is -0.141. The van der Waals surface area contributed by atoms with E-state index in [9.17, 15) is 22.8 Å². The van der Waals surface area contributed by atoms with Crippen molar-refractivity contribution < 1.29 is 13.2 Å². The molecule has 0 aromatic carbocycles. The first-order valence-corrected chi connectivity index (χ1v) is 4.50. The van der Waals surface area contributed by atoms with Crippen LogP contribution in [-0.4, -0.2) is 15.0 Å². The Morgan fingerprint density at radius 3 is 2.47 bits per heavy atom. The second-order valence-electron chi connectivity index (χ2n) is 3.45. The Balaban J connectivity index is 2.92. The first-order chi connectivity index (χ1) is 7.79. The Morgan fingerprint density at radius 2 is 1.88 bits per heavy atom. The zero-order valence-corrected chi connectivity index (χ0v) is 8.47. The summed E-state index contributed by atoms with van der Waals surface area (Å²) >= 11 is 0. The Morgan fingerprint density at radius 1 is 1.24 bits per heavy atom. The first kappa shape index (κ1) is 11.4. The van der Waals surface area contributed by atoms with Crippen LogP contribution in [0.25, 0.3) is 11.0 Å². The molecule has 0 fully saturated rings. The minimum absolute atomic E-state index is 0.00625. The third-order valence-electron chi connectivity index (χ3n) is 2.19. The fourth-order valence-electron chi connectivity index (χ4n) is 1.45. The number of rotatable bonds is 0. The number of fused-ring (bicyclic) bond motifs is 1. The highest BCUT2D eigenvalue weighted by Crippen LogP contribution is 2.29. The number of hydrogen-bond acceptors (Lipinski definition) is 3. The van der Waals surface area contributed by atoms with Crippen molar-refractivity contribution in [1.82, 2.24) is 15.0 Å². The van der Waals surface area contributed by atoms with Gasteiger partial charge in [-0.05, 0) is 18.6 Å². The predicted octanol–water partition coefficient (Wildman–Crippen LogP) is 0.939. The average Bonchev–Trinajstić information content (AvgIpc) is 2.17. The van der Waals surface area contributed by atoms with Crippen LogP contribution in [0.3, 0.4) is 0 Å². The van der Waals surface area contributed by atoms with E-state index in [0.29, 0.717) is 0 Å². The molecule has 0 amide bonds. The molecule has 17 heavy (non-hydrogen) atoms. The van der Waals surface area contributed by atoms with Crippen LogP contribution in [0.1, 0.15) is 11.3 Å². The van der Waals surface area contributed by atoms with Crippen LogP contribution in [0.4, 0.5) is 13.2 Å². The summed E-state index contributed by atoms with van der Waals surface area (Å²) in [6.07, 6.45) is -4.64. The van der Waals surface area contributed by atoms with Crippen LogP contribution < -0.4 is 11.2 Å². The summed E-state index contributed by atoms with van der Waals surface area (Å²) in [6, 6.07) is 0.776. The van der Waals surface area contributed by atoms with Crippen molar-refractivity contribution in [3.8, 4) is 0 Å². The molecule has 0 spiro atoms. The molecule has 2 heterocycles. The molecule has 0 aliphatic heterocycles. The first-order valence-electron chi connectivity index (χ1n) is 4.50. The number of halogens is 3. The zero-order valence-electron chi connectivity index (χ0n) is 8.47. The molecule has 8 heteroatoms. The molecule has 2 aromatic rings. The fourth-order valence-corrected chi connectivity index (χ4v) is 1.45. The SMILES string of the molecule is Cc1cc(C(F)(F)F)nc2c(=O)[nH]c(=O)[nH]c12. The molecule has 0 saturated heterocycles. The number of H-pyrrole nitrogens is 2. The van der Waals surface area contributed by atoms with E-state index in [1.54, 1.807) is 0 Å². The van der Waals surface area contributed by atoms with Crippen LogP contribution in [0, 0.1) is 6.92 Å². The molecule has 5 nitrogen and oxygen atoms in total. The van der Waals surface area contributed by atoms with Gasteiger partial charge in [0.15, 0.2) is 5.52 Å². The molecule has 2 N–H and O–H groups in total.